The number of carbonyl (C=O) groups excluding carboxylic acids is 1. The maximum Gasteiger partial charge on any atom is 0.269 e. The average molecular weight is 434 g/mol. The summed E-state index contributed by atoms with van der Waals surface area (Å²) in [4.78, 5) is 12.9. The number of thioether (sulfide) groups is 1. The van der Waals surface area contributed by atoms with E-state index in [1.807, 2.05) is 85.8 Å². The fourth-order valence-corrected chi connectivity index (χ4v) is 4.00. The summed E-state index contributed by atoms with van der Waals surface area (Å²) < 4.78 is 0. The smallest absolute Gasteiger partial charge is 0.269 e. The van der Waals surface area contributed by atoms with Crippen molar-refractivity contribution in [2.45, 2.75) is 12.7 Å². The molecule has 0 aliphatic rings. The molecule has 0 unspecified atom stereocenters. The lowest BCUT2D eigenvalue weighted by Crippen LogP contribution is -2.17. The molecule has 0 aliphatic carbocycles. The quantitative estimate of drug-likeness (QED) is 0.335. The molecule has 0 aliphatic heterocycles. The summed E-state index contributed by atoms with van der Waals surface area (Å²) in [6, 6.07) is 26.5. The van der Waals surface area contributed by atoms with Crippen molar-refractivity contribution in [3.8, 4) is 6.07 Å². The first-order chi connectivity index (χ1) is 14.6. The standard InChI is InChI=1S/C24H20ClN3OS/c1-17-9-5-8-14-22(17)28-23(29)20(15-26)24(27-19-11-3-2-4-12-19)30-16-18-10-6-7-13-21(18)25/h2-14,27H,16H2,1H3,(H,28,29)/b24-20+. The second-order valence-corrected chi connectivity index (χ2v) is 7.85. The van der Waals surface area contributed by atoms with E-state index in [0.717, 1.165) is 16.8 Å². The molecule has 30 heavy (non-hydrogen) atoms. The number of amides is 1. The summed E-state index contributed by atoms with van der Waals surface area (Å²) in [5, 5.41) is 17.0. The van der Waals surface area contributed by atoms with E-state index < -0.39 is 5.91 Å². The van der Waals surface area contributed by atoms with Crippen molar-refractivity contribution in [2.75, 3.05) is 10.6 Å². The molecular weight excluding hydrogens is 414 g/mol. The van der Waals surface area contributed by atoms with E-state index in [1.165, 1.54) is 11.8 Å². The number of benzene rings is 3. The van der Waals surface area contributed by atoms with Crippen LogP contribution in [0.25, 0.3) is 0 Å². The highest BCUT2D eigenvalue weighted by atomic mass is 35.5. The molecule has 2 N–H and O–H groups in total. The zero-order chi connectivity index (χ0) is 21.3. The molecule has 1 amide bonds. The Labute approximate surface area is 185 Å². The van der Waals surface area contributed by atoms with E-state index in [1.54, 1.807) is 0 Å². The van der Waals surface area contributed by atoms with Gasteiger partial charge in [0.15, 0.2) is 0 Å². The van der Waals surface area contributed by atoms with Crippen molar-refractivity contribution in [2.24, 2.45) is 0 Å². The molecule has 0 spiro atoms. The van der Waals surface area contributed by atoms with Crippen molar-refractivity contribution in [1.82, 2.24) is 0 Å². The van der Waals surface area contributed by atoms with Gasteiger partial charge in [-0.15, -0.1) is 11.8 Å². The topological polar surface area (TPSA) is 64.9 Å². The molecule has 6 heteroatoms. The monoisotopic (exact) mass is 433 g/mol. The summed E-state index contributed by atoms with van der Waals surface area (Å²) in [6.45, 7) is 1.90. The number of hydrogen-bond acceptors (Lipinski definition) is 4. The van der Waals surface area contributed by atoms with Gasteiger partial charge in [0, 0.05) is 22.2 Å². The minimum absolute atomic E-state index is 0.0131. The molecule has 3 aromatic carbocycles. The van der Waals surface area contributed by atoms with Crippen LogP contribution in [0.15, 0.2) is 89.5 Å². The SMILES string of the molecule is Cc1ccccc1NC(=O)/C(C#N)=C(\Nc1ccccc1)SCc1ccccc1Cl. The third-order valence-corrected chi connectivity index (χ3v) is 5.74. The van der Waals surface area contributed by atoms with E-state index >= 15 is 0 Å². The van der Waals surface area contributed by atoms with Crippen LogP contribution in [-0.2, 0) is 10.5 Å². The lowest BCUT2D eigenvalue weighted by molar-refractivity contribution is -0.112. The molecule has 0 radical (unpaired) electrons. The number of halogens is 1. The average Bonchev–Trinajstić information content (AvgIpc) is 2.76. The number of nitrogens with zero attached hydrogens (tertiary/aromatic N) is 1. The molecule has 0 saturated heterocycles. The van der Waals surface area contributed by atoms with Gasteiger partial charge >= 0.3 is 0 Å². The van der Waals surface area contributed by atoms with Gasteiger partial charge in [-0.1, -0.05) is 66.2 Å². The minimum atomic E-state index is -0.461. The van der Waals surface area contributed by atoms with Gasteiger partial charge in [0.05, 0.1) is 5.03 Å². The first kappa shape index (κ1) is 21.5. The molecule has 0 aromatic heterocycles. The second-order valence-electron chi connectivity index (χ2n) is 6.46. The van der Waals surface area contributed by atoms with E-state index in [0.29, 0.717) is 21.5 Å². The van der Waals surface area contributed by atoms with Crippen molar-refractivity contribution >= 4 is 40.6 Å². The third-order valence-electron chi connectivity index (χ3n) is 4.32. The number of nitriles is 1. The van der Waals surface area contributed by atoms with Gasteiger partial charge in [-0.05, 0) is 42.3 Å². The Balaban J connectivity index is 1.91. The van der Waals surface area contributed by atoms with Crippen molar-refractivity contribution in [3.63, 3.8) is 0 Å². The Morgan fingerprint density at radius 3 is 2.33 bits per heavy atom. The van der Waals surface area contributed by atoms with Gasteiger partial charge in [0.25, 0.3) is 5.91 Å². The summed E-state index contributed by atoms with van der Waals surface area (Å²) in [7, 11) is 0. The first-order valence-corrected chi connectivity index (χ1v) is 10.6. The van der Waals surface area contributed by atoms with Gasteiger partial charge in [-0.25, -0.2) is 0 Å². The zero-order valence-electron chi connectivity index (χ0n) is 16.4. The fourth-order valence-electron chi connectivity index (χ4n) is 2.69. The molecule has 0 heterocycles. The highest BCUT2D eigenvalue weighted by Crippen LogP contribution is 2.29. The number of para-hydroxylation sites is 2. The Kier molecular flexibility index (Phi) is 7.56. The van der Waals surface area contributed by atoms with Crippen LogP contribution in [0.5, 0.6) is 0 Å². The van der Waals surface area contributed by atoms with Crippen molar-refractivity contribution in [3.05, 3.63) is 106 Å². The van der Waals surface area contributed by atoms with Gasteiger partial charge in [-0.3, -0.25) is 4.79 Å². The Morgan fingerprint density at radius 2 is 1.63 bits per heavy atom. The minimum Gasteiger partial charge on any atom is -0.349 e. The largest absolute Gasteiger partial charge is 0.349 e. The van der Waals surface area contributed by atoms with E-state index in [9.17, 15) is 10.1 Å². The maximum absolute atomic E-state index is 12.9. The van der Waals surface area contributed by atoms with Crippen LogP contribution >= 0.6 is 23.4 Å². The summed E-state index contributed by atoms with van der Waals surface area (Å²) in [6.07, 6.45) is 0. The van der Waals surface area contributed by atoms with Crippen LogP contribution in [-0.4, -0.2) is 5.91 Å². The lowest BCUT2D eigenvalue weighted by Gasteiger charge is -2.14. The lowest BCUT2D eigenvalue weighted by atomic mass is 10.2. The molecule has 0 bridgehead atoms. The van der Waals surface area contributed by atoms with Gasteiger partial charge in [0.1, 0.15) is 11.6 Å². The Morgan fingerprint density at radius 1 is 0.967 bits per heavy atom. The summed E-state index contributed by atoms with van der Waals surface area (Å²) in [5.41, 5.74) is 3.32. The predicted octanol–water partition coefficient (Wildman–Crippen LogP) is 6.37. The van der Waals surface area contributed by atoms with E-state index in [2.05, 4.69) is 16.7 Å². The normalized spacial score (nSPS) is 11.2. The first-order valence-electron chi connectivity index (χ1n) is 9.28. The van der Waals surface area contributed by atoms with E-state index in [-0.39, 0.29) is 5.57 Å². The predicted molar refractivity (Wildman–Crippen MR) is 125 cm³/mol. The van der Waals surface area contributed by atoms with Crippen LogP contribution in [0.2, 0.25) is 5.02 Å². The van der Waals surface area contributed by atoms with Crippen molar-refractivity contribution in [1.29, 1.82) is 5.26 Å². The number of hydrogen-bond donors (Lipinski definition) is 2. The molecular formula is C24H20ClN3OS. The number of nitrogens with one attached hydrogen (secondary N) is 2. The Hall–Kier alpha value is -3.20. The third kappa shape index (κ3) is 5.66. The summed E-state index contributed by atoms with van der Waals surface area (Å²) >= 11 is 7.63. The summed E-state index contributed by atoms with van der Waals surface area (Å²) in [5.74, 6) is 0.0504. The number of aryl methyl sites for hydroxylation is 1. The number of rotatable bonds is 7. The molecule has 0 atom stereocenters. The fraction of sp³-hybridized carbons (Fsp3) is 0.0833. The van der Waals surface area contributed by atoms with E-state index in [4.69, 9.17) is 11.6 Å². The van der Waals surface area contributed by atoms with Crippen LogP contribution < -0.4 is 10.6 Å². The number of carbonyl (C=O) groups is 1. The van der Waals surface area contributed by atoms with Crippen LogP contribution in [0, 0.1) is 18.3 Å². The van der Waals surface area contributed by atoms with Gasteiger partial charge < -0.3 is 10.6 Å². The highest BCUT2D eigenvalue weighted by molar-refractivity contribution is 8.02. The number of anilines is 2. The molecule has 3 rings (SSSR count). The second kappa shape index (κ2) is 10.5. The molecule has 150 valence electrons. The van der Waals surface area contributed by atoms with Gasteiger partial charge in [0.2, 0.25) is 0 Å². The maximum atomic E-state index is 12.9. The molecule has 0 fully saturated rings. The van der Waals surface area contributed by atoms with Crippen molar-refractivity contribution < 1.29 is 4.79 Å². The highest BCUT2D eigenvalue weighted by Gasteiger charge is 2.18. The Bertz CT molecular complexity index is 1110. The van der Waals surface area contributed by atoms with Crippen LogP contribution in [0.3, 0.4) is 0 Å². The molecule has 3 aromatic rings. The zero-order valence-corrected chi connectivity index (χ0v) is 17.9. The molecule has 4 nitrogen and oxygen atoms in total. The van der Waals surface area contributed by atoms with Gasteiger partial charge in [-0.2, -0.15) is 5.26 Å². The molecule has 0 saturated carbocycles. The van der Waals surface area contributed by atoms with Crippen LogP contribution in [0.4, 0.5) is 11.4 Å². The van der Waals surface area contributed by atoms with Crippen LogP contribution in [0.1, 0.15) is 11.1 Å².